The van der Waals surface area contributed by atoms with Gasteiger partial charge in [-0.25, -0.2) is 9.98 Å². The summed E-state index contributed by atoms with van der Waals surface area (Å²) in [5, 5.41) is 0. The minimum atomic E-state index is -0.0243. The van der Waals surface area contributed by atoms with Crippen molar-refractivity contribution >= 4 is 29.9 Å². The van der Waals surface area contributed by atoms with E-state index in [0.717, 1.165) is 24.8 Å². The topological polar surface area (TPSA) is 67.7 Å². The van der Waals surface area contributed by atoms with Crippen LogP contribution in [0.15, 0.2) is 15.6 Å². The van der Waals surface area contributed by atoms with E-state index in [4.69, 9.17) is 10.2 Å². The van der Waals surface area contributed by atoms with E-state index in [2.05, 4.69) is 42.6 Å². The van der Waals surface area contributed by atoms with Crippen LogP contribution in [0.4, 0.5) is 0 Å². The molecule has 2 rings (SSSR count). The first kappa shape index (κ1) is 18.3. The first-order valence-electron chi connectivity index (χ1n) is 7.36. The van der Waals surface area contributed by atoms with E-state index in [1.807, 2.05) is 0 Å². The summed E-state index contributed by atoms with van der Waals surface area (Å²) in [6, 6.07) is 0. The lowest BCUT2D eigenvalue weighted by Gasteiger charge is -2.30. The number of likely N-dealkylation sites (tertiary alicyclic amines) is 1. The van der Waals surface area contributed by atoms with Gasteiger partial charge in [0, 0.05) is 18.5 Å². The van der Waals surface area contributed by atoms with Gasteiger partial charge in [0.05, 0.1) is 6.20 Å². The number of halogens is 1. The van der Waals surface area contributed by atoms with Crippen LogP contribution in [0, 0.1) is 5.92 Å². The zero-order chi connectivity index (χ0) is 14.8. The third-order valence-electron chi connectivity index (χ3n) is 3.78. The molecule has 1 aromatic rings. The van der Waals surface area contributed by atoms with Crippen molar-refractivity contribution < 1.29 is 4.42 Å². The van der Waals surface area contributed by atoms with Gasteiger partial charge in [-0.1, -0.05) is 27.7 Å². The van der Waals surface area contributed by atoms with Crippen LogP contribution >= 0.6 is 24.0 Å². The van der Waals surface area contributed by atoms with Gasteiger partial charge < -0.3 is 15.1 Å². The minimum absolute atomic E-state index is 0. The largest absolute Gasteiger partial charge is 0.443 e. The smallest absolute Gasteiger partial charge is 0.216 e. The van der Waals surface area contributed by atoms with Crippen LogP contribution in [0.3, 0.4) is 0 Å². The fourth-order valence-corrected chi connectivity index (χ4v) is 2.22. The highest BCUT2D eigenvalue weighted by atomic mass is 127. The number of oxazole rings is 1. The highest BCUT2D eigenvalue weighted by Crippen LogP contribution is 2.23. The maximum absolute atomic E-state index is 6.04. The fourth-order valence-electron chi connectivity index (χ4n) is 2.22. The summed E-state index contributed by atoms with van der Waals surface area (Å²) >= 11 is 0. The molecule has 0 aromatic carbocycles. The monoisotopic (exact) mass is 406 g/mol. The molecule has 5 nitrogen and oxygen atoms in total. The second-order valence-corrected chi connectivity index (χ2v) is 6.71. The van der Waals surface area contributed by atoms with Gasteiger partial charge in [0.1, 0.15) is 12.3 Å². The predicted octanol–water partition coefficient (Wildman–Crippen LogP) is 3.14. The van der Waals surface area contributed by atoms with Gasteiger partial charge in [0.2, 0.25) is 5.89 Å². The van der Waals surface area contributed by atoms with Crippen LogP contribution in [0.5, 0.6) is 0 Å². The Balaban J connectivity index is 0.00000220. The van der Waals surface area contributed by atoms with Crippen LogP contribution in [-0.2, 0) is 12.0 Å². The summed E-state index contributed by atoms with van der Waals surface area (Å²) in [6.07, 6.45) is 4.15. The van der Waals surface area contributed by atoms with Gasteiger partial charge in [-0.05, 0) is 18.8 Å². The lowest BCUT2D eigenvalue weighted by atomic mass is 9.94. The Morgan fingerprint density at radius 3 is 2.57 bits per heavy atom. The molecule has 2 heterocycles. The fraction of sp³-hybridized carbons (Fsp3) is 0.733. The molecule has 1 aliphatic heterocycles. The van der Waals surface area contributed by atoms with Crippen molar-refractivity contribution in [2.75, 3.05) is 13.1 Å². The van der Waals surface area contributed by atoms with Gasteiger partial charge >= 0.3 is 0 Å². The molecule has 6 heteroatoms. The second-order valence-electron chi connectivity index (χ2n) is 6.71. The predicted molar refractivity (Wildman–Crippen MR) is 95.9 cm³/mol. The molecule has 0 unspecified atom stereocenters. The standard InChI is InChI=1S/C15H26N4O.HI/c1-11-5-7-19(8-6-11)14(16)18-10-13-17-9-12(20-13)15(2,3)4;/h9,11H,5-8,10H2,1-4H3,(H2,16,18);1H. The highest BCUT2D eigenvalue weighted by Gasteiger charge is 2.20. The quantitative estimate of drug-likeness (QED) is 0.466. The molecule has 0 spiro atoms. The van der Waals surface area contributed by atoms with Crippen molar-refractivity contribution in [3.05, 3.63) is 17.8 Å². The normalized spacial score (nSPS) is 17.7. The SMILES string of the molecule is CC1CCN(C(N)=NCc2ncc(C(C)(C)C)o2)CC1.I. The Kier molecular flexibility index (Phi) is 6.49. The molecule has 0 aliphatic carbocycles. The summed E-state index contributed by atoms with van der Waals surface area (Å²) < 4.78 is 5.71. The molecule has 120 valence electrons. The van der Waals surface area contributed by atoms with Crippen molar-refractivity contribution in [2.45, 2.75) is 52.5 Å². The number of piperidine rings is 1. The summed E-state index contributed by atoms with van der Waals surface area (Å²) in [7, 11) is 0. The lowest BCUT2D eigenvalue weighted by Crippen LogP contribution is -2.42. The third-order valence-corrected chi connectivity index (χ3v) is 3.78. The first-order valence-corrected chi connectivity index (χ1v) is 7.36. The Labute approximate surface area is 144 Å². The molecule has 21 heavy (non-hydrogen) atoms. The molecule has 1 aromatic heterocycles. The number of guanidine groups is 1. The Hall–Kier alpha value is -0.790. The first-order chi connectivity index (χ1) is 9.36. The molecule has 2 N–H and O–H groups in total. The zero-order valence-corrected chi connectivity index (χ0v) is 15.8. The van der Waals surface area contributed by atoms with Crippen LogP contribution in [0.25, 0.3) is 0 Å². The summed E-state index contributed by atoms with van der Waals surface area (Å²) in [6.45, 7) is 11.0. The number of hydrogen-bond acceptors (Lipinski definition) is 3. The van der Waals surface area contributed by atoms with Crippen LogP contribution in [0.2, 0.25) is 0 Å². The molecular weight excluding hydrogens is 379 g/mol. The maximum Gasteiger partial charge on any atom is 0.216 e. The molecule has 0 saturated carbocycles. The molecule has 0 bridgehead atoms. The van der Waals surface area contributed by atoms with Gasteiger partial charge in [-0.2, -0.15) is 0 Å². The molecular formula is C15H27IN4O. The average Bonchev–Trinajstić information content (AvgIpc) is 2.85. The van der Waals surface area contributed by atoms with Gasteiger partial charge in [0.25, 0.3) is 0 Å². The lowest BCUT2D eigenvalue weighted by molar-refractivity contribution is 0.277. The number of nitrogens with two attached hydrogens (primary N) is 1. The Bertz CT molecular complexity index is 470. The minimum Gasteiger partial charge on any atom is -0.443 e. The summed E-state index contributed by atoms with van der Waals surface area (Å²) in [5.74, 6) is 2.91. The number of aliphatic imine (C=N–C) groups is 1. The van der Waals surface area contributed by atoms with Gasteiger partial charge in [0.15, 0.2) is 5.96 Å². The van der Waals surface area contributed by atoms with Crippen molar-refractivity contribution in [3.8, 4) is 0 Å². The Morgan fingerprint density at radius 1 is 1.43 bits per heavy atom. The number of hydrogen-bond donors (Lipinski definition) is 1. The molecule has 1 saturated heterocycles. The van der Waals surface area contributed by atoms with E-state index in [1.54, 1.807) is 6.20 Å². The van der Waals surface area contributed by atoms with Gasteiger partial charge in [-0.3, -0.25) is 0 Å². The van der Waals surface area contributed by atoms with Crippen LogP contribution < -0.4 is 5.73 Å². The van der Waals surface area contributed by atoms with Crippen LogP contribution in [0.1, 0.15) is 52.2 Å². The third kappa shape index (κ3) is 5.16. The number of aromatic nitrogens is 1. The van der Waals surface area contributed by atoms with E-state index in [1.165, 1.54) is 12.8 Å². The molecule has 0 amide bonds. The Morgan fingerprint density at radius 2 is 2.05 bits per heavy atom. The molecule has 0 atom stereocenters. The second kappa shape index (κ2) is 7.47. The highest BCUT2D eigenvalue weighted by molar-refractivity contribution is 14.0. The van der Waals surface area contributed by atoms with E-state index >= 15 is 0 Å². The van der Waals surface area contributed by atoms with Crippen molar-refractivity contribution in [1.29, 1.82) is 0 Å². The van der Waals surface area contributed by atoms with Crippen molar-refractivity contribution in [3.63, 3.8) is 0 Å². The zero-order valence-electron chi connectivity index (χ0n) is 13.4. The summed E-state index contributed by atoms with van der Waals surface area (Å²) in [5.41, 5.74) is 6.02. The van der Waals surface area contributed by atoms with Gasteiger partial charge in [-0.15, -0.1) is 24.0 Å². The number of nitrogens with zero attached hydrogens (tertiary/aromatic N) is 3. The maximum atomic E-state index is 6.04. The molecule has 1 fully saturated rings. The van der Waals surface area contributed by atoms with Crippen LogP contribution in [-0.4, -0.2) is 28.9 Å². The number of rotatable bonds is 2. The van der Waals surface area contributed by atoms with E-state index in [9.17, 15) is 0 Å². The van der Waals surface area contributed by atoms with E-state index < -0.39 is 0 Å². The molecule has 0 radical (unpaired) electrons. The van der Waals surface area contributed by atoms with Crippen molar-refractivity contribution in [2.24, 2.45) is 16.6 Å². The molecule has 1 aliphatic rings. The van der Waals surface area contributed by atoms with E-state index in [-0.39, 0.29) is 29.4 Å². The average molecular weight is 406 g/mol. The van der Waals surface area contributed by atoms with Crippen molar-refractivity contribution in [1.82, 2.24) is 9.88 Å². The van der Waals surface area contributed by atoms with E-state index in [0.29, 0.717) is 18.4 Å². The summed E-state index contributed by atoms with van der Waals surface area (Å²) in [4.78, 5) is 10.8.